The van der Waals surface area contributed by atoms with Crippen molar-refractivity contribution in [3.05, 3.63) is 13.2 Å². The van der Waals surface area contributed by atoms with Crippen LogP contribution in [0.25, 0.3) is 0 Å². The molecule has 0 aromatic rings. The fourth-order valence-corrected chi connectivity index (χ4v) is 0. The zero-order valence-corrected chi connectivity index (χ0v) is 5.91. The monoisotopic (exact) mass is 85.0 g/mol. The summed E-state index contributed by atoms with van der Waals surface area (Å²) in [6.07, 6.45) is 0. The third-order valence-corrected chi connectivity index (χ3v) is 0. The van der Waals surface area contributed by atoms with Crippen LogP contribution in [0.1, 0.15) is 0 Å². The van der Waals surface area contributed by atoms with E-state index in [1.165, 1.54) is 0 Å². The van der Waals surface area contributed by atoms with Crippen LogP contribution >= 0.6 is 13.5 Å². The molecule has 0 nitrogen and oxygen atoms in total. The van der Waals surface area contributed by atoms with E-state index in [4.69, 9.17) is 0 Å². The van der Waals surface area contributed by atoms with Gasteiger partial charge >= 0.3 is 0 Å². The smallest absolute Gasteiger partial charge is 0 e. The first kappa shape index (κ1) is 19.5. The molecule has 21 valence electrons. The van der Waals surface area contributed by atoms with Crippen molar-refractivity contribution in [2.75, 3.05) is 0 Å². The molecule has 0 aliphatic heterocycles. The maximum absolute atomic E-state index is 3.00. The summed E-state index contributed by atoms with van der Waals surface area (Å²) >= 11 is 0. The summed E-state index contributed by atoms with van der Waals surface area (Å²) < 4.78 is 0. The van der Waals surface area contributed by atoms with E-state index < -0.39 is 0 Å². The van der Waals surface area contributed by atoms with Gasteiger partial charge in [0, 0.05) is 29.6 Å². The van der Waals surface area contributed by atoms with Gasteiger partial charge < -0.3 is 0 Å². The summed E-state index contributed by atoms with van der Waals surface area (Å²) in [5.41, 5.74) is 0. The van der Waals surface area contributed by atoms with E-state index in [9.17, 15) is 0 Å². The molecule has 0 unspecified atom stereocenters. The second-order valence-electron chi connectivity index (χ2n) is 0. The molecule has 0 aromatic carbocycles. The molecular formula is C2H6NaS. The number of hydrogen-bond donors (Lipinski definition) is 0. The average Bonchev–Trinajstić information content (AvgIpc) is 1.00. The molecular weight excluding hydrogens is 79.1 g/mol. The summed E-state index contributed by atoms with van der Waals surface area (Å²) in [6, 6.07) is 0. The van der Waals surface area contributed by atoms with Gasteiger partial charge in [-0.25, -0.2) is 0 Å². The van der Waals surface area contributed by atoms with Gasteiger partial charge in [-0.3, -0.25) is 0 Å². The van der Waals surface area contributed by atoms with Crippen LogP contribution in [-0.2, 0) is 0 Å². The molecule has 0 N–H and O–H groups in total. The Hall–Kier alpha value is 1.09. The van der Waals surface area contributed by atoms with Gasteiger partial charge in [0.2, 0.25) is 0 Å². The Bertz CT molecular complexity index is 6.00. The third kappa shape index (κ3) is 11.4. The minimum Gasteiger partial charge on any atom is -0.197 e. The zero-order chi connectivity index (χ0) is 2.00. The molecule has 0 aliphatic rings. The van der Waals surface area contributed by atoms with Gasteiger partial charge in [0.1, 0.15) is 0 Å². The minimum absolute atomic E-state index is 0. The van der Waals surface area contributed by atoms with Crippen LogP contribution in [0.5, 0.6) is 0 Å². The molecule has 0 fully saturated rings. The van der Waals surface area contributed by atoms with Crippen molar-refractivity contribution >= 4 is 43.1 Å². The molecule has 0 heterocycles. The Balaban J connectivity index is -0.00000000500. The fraction of sp³-hybridized carbons (Fsp3) is 0. The van der Waals surface area contributed by atoms with Gasteiger partial charge in [-0.05, 0) is 0 Å². The molecule has 0 bridgehead atoms. The van der Waals surface area contributed by atoms with Crippen LogP contribution in [-0.4, -0.2) is 29.6 Å². The van der Waals surface area contributed by atoms with E-state index in [0.29, 0.717) is 0 Å². The predicted molar refractivity (Wildman–Crippen MR) is 27.4 cm³/mol. The fourth-order valence-electron chi connectivity index (χ4n) is 0. The molecule has 0 amide bonds. The maximum atomic E-state index is 3.00. The van der Waals surface area contributed by atoms with Gasteiger partial charge in [0.15, 0.2) is 0 Å². The molecule has 4 heavy (non-hydrogen) atoms. The van der Waals surface area contributed by atoms with E-state index in [1.807, 2.05) is 0 Å². The number of rotatable bonds is 0. The maximum Gasteiger partial charge on any atom is 0 e. The third-order valence-electron chi connectivity index (χ3n) is 0. The van der Waals surface area contributed by atoms with Crippen LogP contribution in [0.2, 0.25) is 0 Å². The normalized spacial score (nSPS) is 1.00. The van der Waals surface area contributed by atoms with Crippen molar-refractivity contribution in [3.63, 3.8) is 0 Å². The Morgan fingerprint density at radius 2 is 1.00 bits per heavy atom. The van der Waals surface area contributed by atoms with Crippen molar-refractivity contribution in [1.29, 1.82) is 0 Å². The summed E-state index contributed by atoms with van der Waals surface area (Å²) in [5.74, 6) is 0. The summed E-state index contributed by atoms with van der Waals surface area (Å²) in [6.45, 7) is 6.00. The van der Waals surface area contributed by atoms with Crippen LogP contribution in [0.3, 0.4) is 0 Å². The first-order chi connectivity index (χ1) is 1.00. The summed E-state index contributed by atoms with van der Waals surface area (Å²) in [7, 11) is 0. The second-order valence-corrected chi connectivity index (χ2v) is 0. The van der Waals surface area contributed by atoms with Gasteiger partial charge in [0.05, 0.1) is 0 Å². The van der Waals surface area contributed by atoms with Crippen molar-refractivity contribution in [1.82, 2.24) is 0 Å². The Labute approximate surface area is 56.0 Å². The standard InChI is InChI=1S/C2H4.Na.H2S/c1-2;;/h1-2H2;;1H2. The number of hydrogen-bond acceptors (Lipinski definition) is 0. The first-order valence-corrected chi connectivity index (χ1v) is 0.500. The van der Waals surface area contributed by atoms with Crippen LogP contribution in [0, 0.1) is 0 Å². The summed E-state index contributed by atoms with van der Waals surface area (Å²) in [5, 5.41) is 0. The van der Waals surface area contributed by atoms with E-state index in [2.05, 4.69) is 13.2 Å². The second kappa shape index (κ2) is 32.9. The zero-order valence-electron chi connectivity index (χ0n) is 2.91. The molecule has 0 aliphatic carbocycles. The molecule has 0 atom stereocenters. The van der Waals surface area contributed by atoms with E-state index in [1.54, 1.807) is 0 Å². The minimum atomic E-state index is 0. The largest absolute Gasteiger partial charge is 0.197 e. The van der Waals surface area contributed by atoms with Crippen molar-refractivity contribution in [2.45, 2.75) is 0 Å². The van der Waals surface area contributed by atoms with Crippen molar-refractivity contribution < 1.29 is 0 Å². The predicted octanol–water partition coefficient (Wildman–Crippen LogP) is 0.534. The molecule has 0 rings (SSSR count). The van der Waals surface area contributed by atoms with Gasteiger partial charge in [-0.1, -0.05) is 0 Å². The molecule has 0 saturated heterocycles. The topological polar surface area (TPSA) is 0 Å². The van der Waals surface area contributed by atoms with Gasteiger partial charge in [-0.15, -0.1) is 13.2 Å². The van der Waals surface area contributed by atoms with E-state index >= 15 is 0 Å². The Morgan fingerprint density at radius 3 is 1.00 bits per heavy atom. The molecule has 1 radical (unpaired) electrons. The van der Waals surface area contributed by atoms with Crippen LogP contribution in [0.15, 0.2) is 13.2 Å². The molecule has 0 saturated carbocycles. The van der Waals surface area contributed by atoms with Gasteiger partial charge in [-0.2, -0.15) is 13.5 Å². The van der Waals surface area contributed by atoms with Crippen LogP contribution < -0.4 is 0 Å². The van der Waals surface area contributed by atoms with Crippen molar-refractivity contribution in [2.24, 2.45) is 0 Å². The van der Waals surface area contributed by atoms with Crippen LogP contribution in [0.4, 0.5) is 0 Å². The quantitative estimate of drug-likeness (QED) is 0.297. The average molecular weight is 85.1 g/mol. The van der Waals surface area contributed by atoms with E-state index in [-0.39, 0.29) is 43.1 Å². The Morgan fingerprint density at radius 1 is 1.00 bits per heavy atom. The van der Waals surface area contributed by atoms with Gasteiger partial charge in [0.25, 0.3) is 0 Å². The first-order valence-electron chi connectivity index (χ1n) is 0.500. The Kier molecular flexibility index (Phi) is 160. The molecule has 0 spiro atoms. The SMILES string of the molecule is C=C.S.[Na]. The molecule has 2 heteroatoms. The summed E-state index contributed by atoms with van der Waals surface area (Å²) in [4.78, 5) is 0. The van der Waals surface area contributed by atoms with E-state index in [0.717, 1.165) is 0 Å². The molecule has 0 aromatic heterocycles. The van der Waals surface area contributed by atoms with Crippen molar-refractivity contribution in [3.8, 4) is 0 Å².